The van der Waals surface area contributed by atoms with Gasteiger partial charge in [-0.15, -0.1) is 29.8 Å². The second-order valence-electron chi connectivity index (χ2n) is 20.0. The number of ether oxygens (including phenoxy) is 2. The summed E-state index contributed by atoms with van der Waals surface area (Å²) in [6, 6.07) is 31.4. The van der Waals surface area contributed by atoms with Gasteiger partial charge in [-0.05, 0) is 133 Å². The third-order valence-electron chi connectivity index (χ3n) is 14.2. The van der Waals surface area contributed by atoms with Gasteiger partial charge in [-0.2, -0.15) is 5.56 Å². The molecule has 0 N–H and O–H groups in total. The average Bonchev–Trinajstić information content (AvgIpc) is 3.57. The SMILES string of the molecule is Cc1cc(Oc2[c-]c(C3=N[C@@H]4c5cc(C)c(C)c(C)c5-c5c(cc(C)c(C)c5C)[C@]4(C)O3)cc(C(C)C)c2)[c-]c(N2c3ccc(C(C)(C)C)cc3C(C)(C)c3cccnc32)c1.[Pt+2]. The predicted molar refractivity (Wildman–Crippen MR) is 251 cm³/mol. The fourth-order valence-electron chi connectivity index (χ4n) is 9.96. The Morgan fingerprint density at radius 2 is 1.42 bits per heavy atom. The number of hydrogen-bond acceptors (Lipinski definition) is 5. The zero-order valence-electron chi connectivity index (χ0n) is 39.1. The second-order valence-corrected chi connectivity index (χ2v) is 20.0. The van der Waals surface area contributed by atoms with Crippen molar-refractivity contribution in [3.63, 3.8) is 0 Å². The average molecular weight is 1000 g/mol. The first kappa shape index (κ1) is 43.6. The van der Waals surface area contributed by atoms with Gasteiger partial charge in [0.05, 0.1) is 0 Å². The molecule has 9 rings (SSSR count). The van der Waals surface area contributed by atoms with Gasteiger partial charge in [-0.3, -0.25) is 4.99 Å². The van der Waals surface area contributed by atoms with Crippen molar-refractivity contribution >= 4 is 23.1 Å². The summed E-state index contributed by atoms with van der Waals surface area (Å²) >= 11 is 0. The Labute approximate surface area is 384 Å². The number of fused-ring (bicyclic) bond motifs is 8. The molecule has 6 heteroatoms. The van der Waals surface area contributed by atoms with E-state index >= 15 is 0 Å². The number of hydrogen-bond donors (Lipinski definition) is 0. The Morgan fingerprint density at radius 3 is 2.11 bits per heavy atom. The number of benzene rings is 5. The van der Waals surface area contributed by atoms with Crippen molar-refractivity contribution in [2.75, 3.05) is 4.90 Å². The summed E-state index contributed by atoms with van der Waals surface area (Å²) in [5.74, 6) is 2.92. The first-order valence-electron chi connectivity index (χ1n) is 21.9. The molecule has 0 bridgehead atoms. The molecule has 5 nitrogen and oxygen atoms in total. The smallest absolute Gasteiger partial charge is 0.508 e. The molecule has 0 amide bonds. The van der Waals surface area contributed by atoms with Gasteiger partial charge in [-0.25, -0.2) is 4.98 Å². The third kappa shape index (κ3) is 6.76. The molecule has 6 aromatic rings. The summed E-state index contributed by atoms with van der Waals surface area (Å²) in [5.41, 5.74) is 20.6. The van der Waals surface area contributed by atoms with E-state index < -0.39 is 5.60 Å². The van der Waals surface area contributed by atoms with Crippen molar-refractivity contribution in [2.45, 2.75) is 132 Å². The van der Waals surface area contributed by atoms with Crippen LogP contribution in [0.25, 0.3) is 11.1 Å². The van der Waals surface area contributed by atoms with E-state index in [9.17, 15) is 0 Å². The Bertz CT molecular complexity index is 2860. The third-order valence-corrected chi connectivity index (χ3v) is 14.2. The summed E-state index contributed by atoms with van der Waals surface area (Å²) in [5, 5.41) is 0. The second kappa shape index (κ2) is 15.1. The molecule has 0 saturated carbocycles. The minimum atomic E-state index is -0.700. The molecule has 1 aliphatic carbocycles. The van der Waals surface area contributed by atoms with Gasteiger partial charge >= 0.3 is 21.1 Å². The molecule has 62 heavy (non-hydrogen) atoms. The molecule has 1 aromatic heterocycles. The van der Waals surface area contributed by atoms with Gasteiger partial charge in [0.1, 0.15) is 23.4 Å². The number of anilines is 3. The predicted octanol–water partition coefficient (Wildman–Crippen LogP) is 14.6. The van der Waals surface area contributed by atoms with Crippen LogP contribution < -0.4 is 9.64 Å². The Hall–Kier alpha value is -4.99. The van der Waals surface area contributed by atoms with Crippen LogP contribution in [0.5, 0.6) is 11.5 Å². The molecule has 5 aromatic carbocycles. The van der Waals surface area contributed by atoms with Crippen molar-refractivity contribution in [1.82, 2.24) is 4.98 Å². The van der Waals surface area contributed by atoms with Crippen molar-refractivity contribution < 1.29 is 30.5 Å². The van der Waals surface area contributed by atoms with Crippen LogP contribution in [0.1, 0.15) is 145 Å². The van der Waals surface area contributed by atoms with Crippen LogP contribution in [0.15, 0.2) is 77.9 Å². The standard InChI is InChI=1S/C56H59N3O2.Pt/c1-30(2)38-25-39(53-58-51-44-23-32(4)34(6)36(8)49(44)50-37(9)35(7)33(5)24-47(50)56(51,15)61-53)27-43(26-38)60-42-22-31(3)21-41(29-42)59-48-19-18-40(54(10,11)12)28-46(48)55(13,14)45-17-16-20-57-52(45)59;/h16-26,28,30,51H,1-15H3;/q-2;+2/t51-,56+;/m1./s1. The topological polar surface area (TPSA) is 47.0 Å². The zero-order chi connectivity index (χ0) is 43.7. The number of nitrogens with zero attached hydrogens (tertiary/aromatic N) is 3. The molecule has 0 saturated heterocycles. The van der Waals surface area contributed by atoms with E-state index in [1.165, 1.54) is 72.3 Å². The Morgan fingerprint density at radius 1 is 0.742 bits per heavy atom. The van der Waals surface area contributed by atoms with Gasteiger partial charge in [0.2, 0.25) is 0 Å². The van der Waals surface area contributed by atoms with Gasteiger partial charge in [0.25, 0.3) is 0 Å². The molecular formula is C56H59N3O2Pt. The summed E-state index contributed by atoms with van der Waals surface area (Å²) in [6.45, 7) is 33.6. The van der Waals surface area contributed by atoms with Crippen LogP contribution >= 0.6 is 0 Å². The number of aryl methyl sites for hydroxylation is 3. The minimum absolute atomic E-state index is 0. The van der Waals surface area contributed by atoms with E-state index in [0.717, 1.165) is 33.9 Å². The summed E-state index contributed by atoms with van der Waals surface area (Å²) in [7, 11) is 0. The molecule has 0 unspecified atom stereocenters. The molecule has 0 radical (unpaired) electrons. The van der Waals surface area contributed by atoms with Gasteiger partial charge < -0.3 is 14.4 Å². The van der Waals surface area contributed by atoms with Crippen molar-refractivity contribution in [3.8, 4) is 22.6 Å². The van der Waals surface area contributed by atoms with E-state index in [1.54, 1.807) is 0 Å². The number of pyridine rings is 1. The van der Waals surface area contributed by atoms with Crippen molar-refractivity contribution in [3.05, 3.63) is 163 Å². The maximum atomic E-state index is 7.19. The van der Waals surface area contributed by atoms with Gasteiger partial charge in [-0.1, -0.05) is 109 Å². The van der Waals surface area contributed by atoms with Crippen LogP contribution in [-0.4, -0.2) is 10.9 Å². The zero-order valence-corrected chi connectivity index (χ0v) is 41.3. The van der Waals surface area contributed by atoms with Gasteiger partial charge in [0, 0.05) is 39.9 Å². The van der Waals surface area contributed by atoms with Crippen LogP contribution in [0.4, 0.5) is 17.2 Å². The summed E-state index contributed by atoms with van der Waals surface area (Å²) < 4.78 is 14.0. The van der Waals surface area contributed by atoms with Crippen LogP contribution in [0, 0.1) is 60.6 Å². The molecule has 3 aliphatic rings. The summed E-state index contributed by atoms with van der Waals surface area (Å²) in [4.78, 5) is 12.7. The quantitative estimate of drug-likeness (QED) is 0.162. The largest absolute Gasteiger partial charge is 2.00 e. The number of aromatic nitrogens is 1. The van der Waals surface area contributed by atoms with Crippen LogP contribution in [0.3, 0.4) is 0 Å². The van der Waals surface area contributed by atoms with E-state index in [2.05, 4.69) is 175 Å². The molecule has 3 heterocycles. The molecule has 2 atom stereocenters. The fraction of sp³-hybridized carbons (Fsp3) is 0.357. The number of aliphatic imine (C=N–C) groups is 1. The fourth-order valence-corrected chi connectivity index (χ4v) is 9.96. The molecular weight excluding hydrogens is 942 g/mol. The van der Waals surface area contributed by atoms with E-state index in [-0.39, 0.29) is 43.9 Å². The maximum absolute atomic E-state index is 7.19. The Balaban J connectivity index is 0.00000529. The van der Waals surface area contributed by atoms with E-state index in [0.29, 0.717) is 17.4 Å². The maximum Gasteiger partial charge on any atom is 2.00 e. The molecule has 320 valence electrons. The first-order chi connectivity index (χ1) is 28.7. The normalized spacial score (nSPS) is 18.2. The van der Waals surface area contributed by atoms with Crippen LogP contribution in [-0.2, 0) is 42.2 Å². The monoisotopic (exact) mass is 1000 g/mol. The molecule has 0 spiro atoms. The minimum Gasteiger partial charge on any atom is -0.508 e. The number of rotatable bonds is 5. The van der Waals surface area contributed by atoms with Crippen molar-refractivity contribution in [1.29, 1.82) is 0 Å². The molecule has 0 fully saturated rings. The van der Waals surface area contributed by atoms with E-state index in [4.69, 9.17) is 19.5 Å². The van der Waals surface area contributed by atoms with Gasteiger partial charge in [0.15, 0.2) is 0 Å². The van der Waals surface area contributed by atoms with Crippen molar-refractivity contribution in [2.24, 2.45) is 4.99 Å². The first-order valence-corrected chi connectivity index (χ1v) is 21.9. The summed E-state index contributed by atoms with van der Waals surface area (Å²) in [6.07, 6.45) is 1.88. The molecule has 2 aliphatic heterocycles. The Kier molecular flexibility index (Phi) is 10.6. The van der Waals surface area contributed by atoms with Crippen LogP contribution in [0.2, 0.25) is 0 Å². The van der Waals surface area contributed by atoms with E-state index in [1.807, 2.05) is 18.3 Å².